The molecule has 2 fully saturated rings. The second kappa shape index (κ2) is 8.97. The molecule has 29 heavy (non-hydrogen) atoms. The minimum Gasteiger partial charge on any atom is -0.373 e. The van der Waals surface area contributed by atoms with Crippen LogP contribution in [0, 0.1) is 5.92 Å². The second-order valence-corrected chi connectivity index (χ2v) is 8.07. The third kappa shape index (κ3) is 4.62. The van der Waals surface area contributed by atoms with E-state index in [9.17, 15) is 9.59 Å². The average molecular weight is 413 g/mol. The van der Waals surface area contributed by atoms with Gasteiger partial charge in [0.25, 0.3) is 0 Å². The Bertz CT molecular complexity index is 848. The van der Waals surface area contributed by atoms with E-state index in [0.717, 1.165) is 24.1 Å². The molecule has 2 amide bonds. The summed E-state index contributed by atoms with van der Waals surface area (Å²) < 4.78 is 6.00. The smallest absolute Gasteiger partial charge is 0.239 e. The van der Waals surface area contributed by atoms with Crippen LogP contribution in [0.25, 0.3) is 0 Å². The zero-order valence-electron chi connectivity index (χ0n) is 16.3. The number of carbonyl (C=O) groups excluding carboxylic acids is 2. The Kier molecular flexibility index (Phi) is 6.16. The van der Waals surface area contributed by atoms with E-state index in [-0.39, 0.29) is 17.9 Å². The minimum atomic E-state index is -0.576. The molecule has 2 aromatic rings. The highest BCUT2D eigenvalue weighted by molar-refractivity contribution is 6.30. The van der Waals surface area contributed by atoms with Crippen molar-refractivity contribution in [3.63, 3.8) is 0 Å². The number of carbonyl (C=O) groups is 2. The molecule has 0 N–H and O–H groups in total. The lowest BCUT2D eigenvalue weighted by atomic mass is 10.0. The maximum Gasteiger partial charge on any atom is 0.239 e. The lowest BCUT2D eigenvalue weighted by molar-refractivity contribution is -0.142. The summed E-state index contributed by atoms with van der Waals surface area (Å²) >= 11 is 5.93. The van der Waals surface area contributed by atoms with Gasteiger partial charge in [-0.1, -0.05) is 41.9 Å². The molecule has 4 rings (SSSR count). The maximum atomic E-state index is 12.9. The second-order valence-electron chi connectivity index (χ2n) is 7.63. The molecule has 5 nitrogen and oxygen atoms in total. The molecule has 1 unspecified atom stereocenters. The number of rotatable bonds is 5. The van der Waals surface area contributed by atoms with Crippen LogP contribution in [0.15, 0.2) is 54.6 Å². The van der Waals surface area contributed by atoms with Gasteiger partial charge in [-0.05, 0) is 49.1 Å². The van der Waals surface area contributed by atoms with Crippen molar-refractivity contribution in [3.8, 4) is 0 Å². The number of hydrogen-bond donors (Lipinski definition) is 0. The first-order valence-electron chi connectivity index (χ1n) is 10.1. The molecule has 152 valence electrons. The van der Waals surface area contributed by atoms with Crippen molar-refractivity contribution in [2.24, 2.45) is 5.92 Å². The van der Waals surface area contributed by atoms with Gasteiger partial charge in [0.2, 0.25) is 11.8 Å². The number of likely N-dealkylation sites (tertiary alicyclic amines) is 1. The molecule has 0 saturated carbocycles. The van der Waals surface area contributed by atoms with Gasteiger partial charge in [-0.2, -0.15) is 0 Å². The topological polar surface area (TPSA) is 49.9 Å². The molecule has 2 aromatic carbocycles. The van der Waals surface area contributed by atoms with E-state index in [2.05, 4.69) is 12.1 Å². The summed E-state index contributed by atoms with van der Waals surface area (Å²) in [6.07, 6.45) is 2.33. The van der Waals surface area contributed by atoms with E-state index < -0.39 is 5.92 Å². The minimum absolute atomic E-state index is 0.0482. The van der Waals surface area contributed by atoms with Crippen molar-refractivity contribution in [3.05, 3.63) is 65.2 Å². The number of benzene rings is 2. The molecule has 0 radical (unpaired) electrons. The zero-order chi connectivity index (χ0) is 20.2. The maximum absolute atomic E-state index is 12.9. The number of hydrogen-bond acceptors (Lipinski definition) is 3. The zero-order valence-corrected chi connectivity index (χ0v) is 17.1. The summed E-state index contributed by atoms with van der Waals surface area (Å²) in [5, 5.41) is 0.630. The Hall–Kier alpha value is -2.37. The Balaban J connectivity index is 1.28. The number of anilines is 1. The third-order valence-corrected chi connectivity index (χ3v) is 5.98. The Labute approximate surface area is 176 Å². The Morgan fingerprint density at radius 2 is 1.66 bits per heavy atom. The van der Waals surface area contributed by atoms with Gasteiger partial charge in [0, 0.05) is 30.3 Å². The fourth-order valence-electron chi connectivity index (χ4n) is 4.04. The monoisotopic (exact) mass is 412 g/mol. The van der Waals surface area contributed by atoms with E-state index in [0.29, 0.717) is 37.7 Å². The average Bonchev–Trinajstić information content (AvgIpc) is 3.15. The van der Waals surface area contributed by atoms with Crippen LogP contribution in [-0.2, 0) is 20.9 Å². The van der Waals surface area contributed by atoms with Crippen LogP contribution in [0.1, 0.15) is 24.8 Å². The Morgan fingerprint density at radius 3 is 2.34 bits per heavy atom. The van der Waals surface area contributed by atoms with Gasteiger partial charge < -0.3 is 14.5 Å². The van der Waals surface area contributed by atoms with Crippen molar-refractivity contribution in [1.29, 1.82) is 0 Å². The van der Waals surface area contributed by atoms with Crippen LogP contribution in [0.3, 0.4) is 0 Å². The van der Waals surface area contributed by atoms with E-state index >= 15 is 0 Å². The van der Waals surface area contributed by atoms with E-state index in [1.165, 1.54) is 0 Å². The van der Waals surface area contributed by atoms with Crippen molar-refractivity contribution < 1.29 is 14.3 Å². The quantitative estimate of drug-likeness (QED) is 0.700. The van der Waals surface area contributed by atoms with Crippen LogP contribution in [0.5, 0.6) is 0 Å². The molecule has 2 saturated heterocycles. The molecule has 0 spiro atoms. The summed E-state index contributed by atoms with van der Waals surface area (Å²) in [5.74, 6) is -0.736. The van der Waals surface area contributed by atoms with Gasteiger partial charge in [-0.15, -0.1) is 0 Å². The van der Waals surface area contributed by atoms with Crippen LogP contribution < -0.4 is 4.90 Å². The number of ether oxygens (including phenoxy) is 1. The molecule has 0 aromatic heterocycles. The third-order valence-electron chi connectivity index (χ3n) is 5.72. The SMILES string of the molecule is O=C(C1CCN(c2ccc(Cl)cc2)C1=O)N1CCC(OCc2ccccc2)CC1. The van der Waals surface area contributed by atoms with Crippen LogP contribution in [0.2, 0.25) is 5.02 Å². The van der Waals surface area contributed by atoms with Gasteiger partial charge in [0.05, 0.1) is 12.7 Å². The van der Waals surface area contributed by atoms with Gasteiger partial charge in [-0.25, -0.2) is 0 Å². The van der Waals surface area contributed by atoms with Crippen molar-refractivity contribution >= 4 is 29.1 Å². The van der Waals surface area contributed by atoms with Crippen molar-refractivity contribution in [2.75, 3.05) is 24.5 Å². The first-order valence-corrected chi connectivity index (χ1v) is 10.5. The van der Waals surface area contributed by atoms with E-state index in [1.54, 1.807) is 17.0 Å². The first kappa shape index (κ1) is 19.9. The predicted octanol–water partition coefficient (Wildman–Crippen LogP) is 3.90. The normalized spacial score (nSPS) is 20.3. The highest BCUT2D eigenvalue weighted by atomic mass is 35.5. The lowest BCUT2D eigenvalue weighted by Gasteiger charge is -2.33. The summed E-state index contributed by atoms with van der Waals surface area (Å²) in [7, 11) is 0. The number of amides is 2. The fourth-order valence-corrected chi connectivity index (χ4v) is 4.16. The fraction of sp³-hybridized carbons (Fsp3) is 0.391. The molecule has 0 bridgehead atoms. The molecule has 2 aliphatic heterocycles. The highest BCUT2D eigenvalue weighted by Gasteiger charge is 2.40. The number of halogens is 1. The van der Waals surface area contributed by atoms with Crippen LogP contribution >= 0.6 is 11.6 Å². The van der Waals surface area contributed by atoms with Crippen LogP contribution in [-0.4, -0.2) is 42.5 Å². The molecular weight excluding hydrogens is 388 g/mol. The summed E-state index contributed by atoms with van der Waals surface area (Å²) in [4.78, 5) is 29.3. The molecule has 1 atom stereocenters. The van der Waals surface area contributed by atoms with Gasteiger partial charge >= 0.3 is 0 Å². The van der Waals surface area contributed by atoms with Crippen molar-refractivity contribution in [1.82, 2.24) is 4.90 Å². The number of piperidine rings is 1. The summed E-state index contributed by atoms with van der Waals surface area (Å²) in [5.41, 5.74) is 1.95. The first-order chi connectivity index (χ1) is 14.1. The summed E-state index contributed by atoms with van der Waals surface area (Å²) in [6.45, 7) is 2.44. The van der Waals surface area contributed by atoms with Gasteiger partial charge in [0.1, 0.15) is 5.92 Å². The van der Waals surface area contributed by atoms with E-state index in [4.69, 9.17) is 16.3 Å². The Morgan fingerprint density at radius 1 is 0.966 bits per heavy atom. The molecule has 2 heterocycles. The summed E-state index contributed by atoms with van der Waals surface area (Å²) in [6, 6.07) is 17.3. The molecule has 0 aliphatic carbocycles. The lowest BCUT2D eigenvalue weighted by Crippen LogP contribution is -2.45. The van der Waals surface area contributed by atoms with Gasteiger partial charge in [-0.3, -0.25) is 9.59 Å². The number of nitrogens with zero attached hydrogens (tertiary/aromatic N) is 2. The van der Waals surface area contributed by atoms with E-state index in [1.807, 2.05) is 35.2 Å². The molecule has 2 aliphatic rings. The highest BCUT2D eigenvalue weighted by Crippen LogP contribution is 2.28. The van der Waals surface area contributed by atoms with Crippen LogP contribution in [0.4, 0.5) is 5.69 Å². The standard InChI is InChI=1S/C23H25ClN2O3/c24-18-6-8-19(9-7-18)26-15-12-21(23(26)28)22(27)25-13-10-20(11-14-25)29-16-17-4-2-1-3-5-17/h1-9,20-21H,10-16H2. The largest absolute Gasteiger partial charge is 0.373 e. The van der Waals surface area contributed by atoms with Gasteiger partial charge in [0.15, 0.2) is 0 Å². The molecule has 6 heteroatoms. The predicted molar refractivity (Wildman–Crippen MR) is 113 cm³/mol. The molecular formula is C23H25ClN2O3. The van der Waals surface area contributed by atoms with Crippen molar-refractivity contribution in [2.45, 2.75) is 32.0 Å².